The number of nitrogens with zero attached hydrogens (tertiary/aromatic N) is 1. The van der Waals surface area contributed by atoms with Crippen molar-refractivity contribution in [3.05, 3.63) is 18.5 Å². The van der Waals surface area contributed by atoms with Gasteiger partial charge in [-0.1, -0.05) is 5.46 Å². The van der Waals surface area contributed by atoms with E-state index in [2.05, 4.69) is 4.98 Å². The molecule has 0 saturated carbocycles. The third-order valence-electron chi connectivity index (χ3n) is 1.99. The van der Waals surface area contributed by atoms with E-state index in [-0.39, 0.29) is 18.8 Å². The van der Waals surface area contributed by atoms with Crippen molar-refractivity contribution in [2.75, 3.05) is 6.61 Å². The minimum Gasteiger partial charge on any atom is -0.492 e. The second-order valence-corrected chi connectivity index (χ2v) is 3.60. The molecule has 0 fully saturated rings. The predicted molar refractivity (Wildman–Crippen MR) is 53.7 cm³/mol. The summed E-state index contributed by atoms with van der Waals surface area (Å²) >= 11 is 0. The van der Waals surface area contributed by atoms with Gasteiger partial charge in [0.05, 0.1) is 12.8 Å². The highest BCUT2D eigenvalue weighted by Gasteiger charge is 2.27. The molecule has 1 aromatic heterocycles. The summed E-state index contributed by atoms with van der Waals surface area (Å²) in [6.07, 6.45) is -3.98. The Balaban J connectivity index is 2.49. The molecule has 0 aromatic carbocycles. The molecule has 0 radical (unpaired) electrons. The number of halogens is 6. The number of hydrogen-bond acceptors (Lipinski definition) is 2. The fraction of sp³-hybridized carbons (Fsp3) is 0.444. The monoisotopic (exact) mass is 272 g/mol. The Bertz CT molecular complexity index is 391. The van der Waals surface area contributed by atoms with Gasteiger partial charge in [0.15, 0.2) is 0 Å². The second kappa shape index (κ2) is 5.49. The SMILES string of the molecule is F[B-](F)(F)c1cncc(OCCCC(F)(F)F)c1. The van der Waals surface area contributed by atoms with E-state index < -0.39 is 25.0 Å². The molecule has 102 valence electrons. The van der Waals surface area contributed by atoms with Crippen LogP contribution in [-0.2, 0) is 0 Å². The van der Waals surface area contributed by atoms with Crippen LogP contribution in [0.5, 0.6) is 5.75 Å². The molecular weight excluding hydrogens is 263 g/mol. The van der Waals surface area contributed by atoms with Crippen molar-refractivity contribution >= 4 is 12.4 Å². The van der Waals surface area contributed by atoms with Crippen LogP contribution in [-0.4, -0.2) is 24.7 Å². The minimum absolute atomic E-state index is 0.186. The van der Waals surface area contributed by atoms with Gasteiger partial charge in [0, 0.05) is 12.6 Å². The lowest BCUT2D eigenvalue weighted by atomic mass is 9.81. The van der Waals surface area contributed by atoms with Crippen LogP contribution in [0.15, 0.2) is 18.5 Å². The van der Waals surface area contributed by atoms with E-state index in [0.29, 0.717) is 6.20 Å². The van der Waals surface area contributed by atoms with Gasteiger partial charge in [-0.05, 0) is 12.5 Å². The van der Waals surface area contributed by atoms with E-state index >= 15 is 0 Å². The molecule has 0 spiro atoms. The minimum atomic E-state index is -5.19. The normalized spacial score (nSPS) is 12.6. The van der Waals surface area contributed by atoms with Gasteiger partial charge in [0.2, 0.25) is 0 Å². The first-order valence-electron chi connectivity index (χ1n) is 5.03. The summed E-state index contributed by atoms with van der Waals surface area (Å²) in [5, 5.41) is 0. The molecule has 1 rings (SSSR count). The van der Waals surface area contributed by atoms with E-state index in [4.69, 9.17) is 4.74 Å². The standard InChI is InChI=1S/C9H9BF6NO/c11-9(12,13)2-1-3-18-8-4-7(5-17-6-8)10(14,15)16/h4-6H,1-3H2/q-1. The third kappa shape index (κ3) is 5.28. The first-order valence-corrected chi connectivity index (χ1v) is 5.03. The molecule has 1 aromatic rings. The van der Waals surface area contributed by atoms with Crippen molar-refractivity contribution in [1.29, 1.82) is 0 Å². The molecule has 0 atom stereocenters. The van der Waals surface area contributed by atoms with Gasteiger partial charge in [-0.2, -0.15) is 13.2 Å². The Morgan fingerprint density at radius 3 is 2.39 bits per heavy atom. The molecule has 0 saturated heterocycles. The maximum atomic E-state index is 12.3. The highest BCUT2D eigenvalue weighted by molar-refractivity contribution is 6.73. The van der Waals surface area contributed by atoms with E-state index in [1.165, 1.54) is 0 Å². The Hall–Kier alpha value is -1.41. The summed E-state index contributed by atoms with van der Waals surface area (Å²) < 4.78 is 77.1. The molecule has 0 bridgehead atoms. The lowest BCUT2D eigenvalue weighted by Gasteiger charge is -2.15. The molecule has 0 aliphatic heterocycles. The molecule has 1 heterocycles. The largest absolute Gasteiger partial charge is 0.511 e. The van der Waals surface area contributed by atoms with Crippen LogP contribution < -0.4 is 10.2 Å². The molecule has 18 heavy (non-hydrogen) atoms. The second-order valence-electron chi connectivity index (χ2n) is 3.60. The molecule has 0 N–H and O–H groups in total. The van der Waals surface area contributed by atoms with Crippen LogP contribution >= 0.6 is 0 Å². The summed E-state index contributed by atoms with van der Waals surface area (Å²) in [6.45, 7) is -5.50. The quantitative estimate of drug-likeness (QED) is 0.467. The van der Waals surface area contributed by atoms with Gasteiger partial charge in [0.1, 0.15) is 5.75 Å². The summed E-state index contributed by atoms with van der Waals surface area (Å²) in [6, 6.07) is 0.723. The van der Waals surface area contributed by atoms with E-state index in [0.717, 1.165) is 12.3 Å². The molecule has 2 nitrogen and oxygen atoms in total. The highest BCUT2D eigenvalue weighted by Crippen LogP contribution is 2.21. The topological polar surface area (TPSA) is 22.1 Å². The Kier molecular flexibility index (Phi) is 4.47. The summed E-state index contributed by atoms with van der Waals surface area (Å²) in [7, 11) is 0. The van der Waals surface area contributed by atoms with Crippen LogP contribution in [0.2, 0.25) is 0 Å². The Morgan fingerprint density at radius 1 is 1.17 bits per heavy atom. The molecule has 0 amide bonds. The van der Waals surface area contributed by atoms with Crippen LogP contribution in [0.25, 0.3) is 0 Å². The van der Waals surface area contributed by atoms with Crippen molar-refractivity contribution in [3.63, 3.8) is 0 Å². The number of pyridine rings is 1. The van der Waals surface area contributed by atoms with Crippen LogP contribution in [0.1, 0.15) is 12.8 Å². The fourth-order valence-electron chi connectivity index (χ4n) is 1.16. The lowest BCUT2D eigenvalue weighted by Crippen LogP contribution is -2.34. The summed E-state index contributed by atoms with van der Waals surface area (Å²) in [5.74, 6) is -0.186. The van der Waals surface area contributed by atoms with Gasteiger partial charge in [-0.15, -0.1) is 0 Å². The molecular formula is C9H9BF6NO-. The smallest absolute Gasteiger partial charge is 0.492 e. The zero-order valence-electron chi connectivity index (χ0n) is 9.05. The number of hydrogen-bond donors (Lipinski definition) is 0. The first-order chi connectivity index (χ1) is 8.18. The van der Waals surface area contributed by atoms with E-state index in [1.54, 1.807) is 0 Å². The van der Waals surface area contributed by atoms with Crippen LogP contribution in [0.3, 0.4) is 0 Å². The number of alkyl halides is 3. The van der Waals surface area contributed by atoms with Crippen molar-refractivity contribution in [2.45, 2.75) is 19.0 Å². The lowest BCUT2D eigenvalue weighted by molar-refractivity contribution is -0.136. The average molecular weight is 272 g/mol. The van der Waals surface area contributed by atoms with E-state index in [9.17, 15) is 26.1 Å². The number of ether oxygens (including phenoxy) is 1. The molecule has 0 aliphatic rings. The number of rotatable bonds is 5. The zero-order valence-corrected chi connectivity index (χ0v) is 9.05. The van der Waals surface area contributed by atoms with Gasteiger partial charge >= 0.3 is 13.2 Å². The fourth-order valence-corrected chi connectivity index (χ4v) is 1.16. The number of aromatic nitrogens is 1. The van der Waals surface area contributed by atoms with Crippen LogP contribution in [0.4, 0.5) is 26.1 Å². The van der Waals surface area contributed by atoms with Crippen molar-refractivity contribution < 1.29 is 30.9 Å². The first kappa shape index (κ1) is 14.7. The van der Waals surface area contributed by atoms with Gasteiger partial charge in [0.25, 0.3) is 0 Å². The molecule has 0 unspecified atom stereocenters. The zero-order chi connectivity index (χ0) is 13.8. The van der Waals surface area contributed by atoms with Crippen molar-refractivity contribution in [3.8, 4) is 5.75 Å². The summed E-state index contributed by atoms with van der Waals surface area (Å²) in [5.41, 5.74) is -0.941. The average Bonchev–Trinajstić information content (AvgIpc) is 2.22. The molecule has 9 heteroatoms. The maximum Gasteiger partial charge on any atom is 0.511 e. The van der Waals surface area contributed by atoms with Crippen molar-refractivity contribution in [1.82, 2.24) is 4.98 Å². The highest BCUT2D eigenvalue weighted by atomic mass is 19.4. The van der Waals surface area contributed by atoms with E-state index in [1.807, 2.05) is 0 Å². The Morgan fingerprint density at radius 2 is 1.83 bits per heavy atom. The van der Waals surface area contributed by atoms with Gasteiger partial charge in [-0.25, -0.2) is 0 Å². The van der Waals surface area contributed by atoms with Gasteiger partial charge in [-0.3, -0.25) is 4.98 Å². The summed E-state index contributed by atoms with van der Waals surface area (Å²) in [4.78, 5) is 3.33. The molecule has 0 aliphatic carbocycles. The maximum absolute atomic E-state index is 12.3. The third-order valence-corrected chi connectivity index (χ3v) is 1.99. The Labute approximate surface area is 99.0 Å². The van der Waals surface area contributed by atoms with Crippen LogP contribution in [0, 0.1) is 0 Å². The predicted octanol–water partition coefficient (Wildman–Crippen LogP) is 2.86. The van der Waals surface area contributed by atoms with Gasteiger partial charge < -0.3 is 17.7 Å². The van der Waals surface area contributed by atoms with Crippen molar-refractivity contribution in [2.24, 2.45) is 0 Å².